The van der Waals surface area contributed by atoms with Crippen molar-refractivity contribution >= 4 is 28.9 Å². The SMILES string of the molecule is CCCCNc1cc(Nc2ccc(F)c(Cl)c2)nc(C)n1. The molecule has 112 valence electrons. The summed E-state index contributed by atoms with van der Waals surface area (Å²) in [6.07, 6.45) is 2.20. The van der Waals surface area contributed by atoms with Crippen molar-refractivity contribution in [1.82, 2.24) is 9.97 Å². The molecule has 0 bridgehead atoms. The summed E-state index contributed by atoms with van der Waals surface area (Å²) in [5.41, 5.74) is 0.680. The third kappa shape index (κ3) is 4.56. The number of hydrogen-bond donors (Lipinski definition) is 2. The van der Waals surface area contributed by atoms with Gasteiger partial charge in [0.15, 0.2) is 0 Å². The van der Waals surface area contributed by atoms with Crippen molar-refractivity contribution in [3.8, 4) is 0 Å². The van der Waals surface area contributed by atoms with Crippen LogP contribution in [-0.4, -0.2) is 16.5 Å². The summed E-state index contributed by atoms with van der Waals surface area (Å²) < 4.78 is 13.1. The van der Waals surface area contributed by atoms with Crippen LogP contribution in [0, 0.1) is 12.7 Å². The number of nitrogens with zero attached hydrogens (tertiary/aromatic N) is 2. The molecule has 21 heavy (non-hydrogen) atoms. The zero-order valence-corrected chi connectivity index (χ0v) is 12.8. The quantitative estimate of drug-likeness (QED) is 0.770. The standard InChI is InChI=1S/C15H18ClFN4/c1-3-4-7-18-14-9-15(20-10(2)19-14)21-11-5-6-13(17)12(16)8-11/h5-6,8-9H,3-4,7H2,1-2H3,(H2,18,19,20,21). The molecule has 0 atom stereocenters. The molecule has 0 spiro atoms. The summed E-state index contributed by atoms with van der Waals surface area (Å²) in [4.78, 5) is 8.64. The van der Waals surface area contributed by atoms with Crippen LogP contribution in [0.4, 0.5) is 21.7 Å². The number of aryl methyl sites for hydroxylation is 1. The van der Waals surface area contributed by atoms with Crippen molar-refractivity contribution in [2.75, 3.05) is 17.2 Å². The molecular weight excluding hydrogens is 291 g/mol. The zero-order chi connectivity index (χ0) is 15.2. The molecule has 0 aliphatic carbocycles. The predicted octanol–water partition coefficient (Wildman–Crippen LogP) is 4.53. The summed E-state index contributed by atoms with van der Waals surface area (Å²) in [7, 11) is 0. The van der Waals surface area contributed by atoms with Crippen LogP contribution in [-0.2, 0) is 0 Å². The van der Waals surface area contributed by atoms with Crippen molar-refractivity contribution in [3.63, 3.8) is 0 Å². The van der Waals surface area contributed by atoms with Gasteiger partial charge in [-0.2, -0.15) is 0 Å². The molecule has 0 amide bonds. The first-order chi connectivity index (χ1) is 10.1. The zero-order valence-electron chi connectivity index (χ0n) is 12.1. The lowest BCUT2D eigenvalue weighted by molar-refractivity contribution is 0.628. The number of unbranched alkanes of at least 4 members (excludes halogenated alkanes) is 1. The molecule has 2 aromatic rings. The lowest BCUT2D eigenvalue weighted by atomic mass is 10.3. The highest BCUT2D eigenvalue weighted by Crippen LogP contribution is 2.22. The third-order valence-corrected chi connectivity index (χ3v) is 3.16. The van der Waals surface area contributed by atoms with Crippen molar-refractivity contribution < 1.29 is 4.39 Å². The topological polar surface area (TPSA) is 49.8 Å². The maximum atomic E-state index is 13.1. The number of rotatable bonds is 6. The normalized spacial score (nSPS) is 10.5. The Balaban J connectivity index is 2.13. The van der Waals surface area contributed by atoms with E-state index in [9.17, 15) is 4.39 Å². The van der Waals surface area contributed by atoms with Crippen LogP contribution in [0.15, 0.2) is 24.3 Å². The lowest BCUT2D eigenvalue weighted by Gasteiger charge is -2.10. The highest BCUT2D eigenvalue weighted by molar-refractivity contribution is 6.31. The molecule has 0 fully saturated rings. The molecule has 2 N–H and O–H groups in total. The Kier molecular flexibility index (Phi) is 5.33. The van der Waals surface area contributed by atoms with E-state index >= 15 is 0 Å². The number of halogens is 2. The van der Waals surface area contributed by atoms with E-state index in [0.717, 1.165) is 25.2 Å². The fraction of sp³-hybridized carbons (Fsp3) is 0.333. The third-order valence-electron chi connectivity index (χ3n) is 2.87. The van der Waals surface area contributed by atoms with E-state index in [-0.39, 0.29) is 5.02 Å². The molecule has 0 unspecified atom stereocenters. The highest BCUT2D eigenvalue weighted by Gasteiger charge is 2.04. The van der Waals surface area contributed by atoms with Gasteiger partial charge in [0.05, 0.1) is 5.02 Å². The Morgan fingerprint density at radius 2 is 1.95 bits per heavy atom. The second-order valence-electron chi connectivity index (χ2n) is 4.72. The molecule has 1 aromatic heterocycles. The number of hydrogen-bond acceptors (Lipinski definition) is 4. The van der Waals surface area contributed by atoms with Gasteiger partial charge in [-0.15, -0.1) is 0 Å². The van der Waals surface area contributed by atoms with E-state index in [4.69, 9.17) is 11.6 Å². The van der Waals surface area contributed by atoms with Crippen LogP contribution in [0.2, 0.25) is 5.02 Å². The first-order valence-corrected chi connectivity index (χ1v) is 7.28. The van der Waals surface area contributed by atoms with E-state index in [1.54, 1.807) is 6.07 Å². The van der Waals surface area contributed by atoms with Crippen LogP contribution in [0.1, 0.15) is 25.6 Å². The molecule has 4 nitrogen and oxygen atoms in total. The van der Waals surface area contributed by atoms with Gasteiger partial charge in [-0.25, -0.2) is 14.4 Å². The summed E-state index contributed by atoms with van der Waals surface area (Å²) in [5, 5.41) is 6.43. The molecule has 6 heteroatoms. The van der Waals surface area contributed by atoms with Gasteiger partial charge in [0, 0.05) is 18.3 Å². The second kappa shape index (κ2) is 7.22. The average Bonchev–Trinajstić information content (AvgIpc) is 2.43. The lowest BCUT2D eigenvalue weighted by Crippen LogP contribution is -2.06. The molecule has 0 aliphatic rings. The molecule has 1 aromatic carbocycles. The van der Waals surface area contributed by atoms with E-state index in [1.807, 2.05) is 13.0 Å². The smallest absolute Gasteiger partial charge is 0.141 e. The van der Waals surface area contributed by atoms with Crippen LogP contribution in [0.5, 0.6) is 0 Å². The highest BCUT2D eigenvalue weighted by atomic mass is 35.5. The molecule has 0 radical (unpaired) electrons. The summed E-state index contributed by atoms with van der Waals surface area (Å²) in [6, 6.07) is 6.28. The fourth-order valence-corrected chi connectivity index (χ4v) is 2.02. The average molecular weight is 309 g/mol. The van der Waals surface area contributed by atoms with Crippen LogP contribution in [0.25, 0.3) is 0 Å². The Hall–Kier alpha value is -1.88. The second-order valence-corrected chi connectivity index (χ2v) is 5.13. The van der Waals surface area contributed by atoms with E-state index in [0.29, 0.717) is 17.3 Å². The maximum Gasteiger partial charge on any atom is 0.141 e. The van der Waals surface area contributed by atoms with Crippen LogP contribution < -0.4 is 10.6 Å². The molecule has 2 rings (SSSR count). The van der Waals surface area contributed by atoms with Gasteiger partial charge in [0.2, 0.25) is 0 Å². The van der Waals surface area contributed by atoms with Crippen LogP contribution >= 0.6 is 11.6 Å². The van der Waals surface area contributed by atoms with Gasteiger partial charge in [-0.05, 0) is 31.5 Å². The van der Waals surface area contributed by atoms with Gasteiger partial charge < -0.3 is 10.6 Å². The first kappa shape index (κ1) is 15.5. The fourth-order valence-electron chi connectivity index (χ4n) is 1.84. The summed E-state index contributed by atoms with van der Waals surface area (Å²) >= 11 is 5.77. The minimum atomic E-state index is -0.442. The van der Waals surface area contributed by atoms with Gasteiger partial charge in [0.25, 0.3) is 0 Å². The maximum absolute atomic E-state index is 13.1. The first-order valence-electron chi connectivity index (χ1n) is 6.90. The predicted molar refractivity (Wildman–Crippen MR) is 84.9 cm³/mol. The minimum Gasteiger partial charge on any atom is -0.370 e. The minimum absolute atomic E-state index is 0.0760. The Morgan fingerprint density at radius 3 is 2.67 bits per heavy atom. The van der Waals surface area contributed by atoms with Gasteiger partial charge in [0.1, 0.15) is 23.3 Å². The van der Waals surface area contributed by atoms with Crippen molar-refractivity contribution in [2.24, 2.45) is 0 Å². The van der Waals surface area contributed by atoms with Crippen molar-refractivity contribution in [2.45, 2.75) is 26.7 Å². The Bertz CT molecular complexity index is 619. The number of anilines is 3. The number of nitrogens with one attached hydrogen (secondary N) is 2. The van der Waals surface area contributed by atoms with Gasteiger partial charge in [-0.1, -0.05) is 24.9 Å². The largest absolute Gasteiger partial charge is 0.370 e. The molecule has 0 saturated carbocycles. The summed E-state index contributed by atoms with van der Waals surface area (Å²) in [6.45, 7) is 4.83. The van der Waals surface area contributed by atoms with Crippen molar-refractivity contribution in [3.05, 3.63) is 40.9 Å². The number of benzene rings is 1. The van der Waals surface area contributed by atoms with Gasteiger partial charge in [-0.3, -0.25) is 0 Å². The molecule has 1 heterocycles. The van der Waals surface area contributed by atoms with Gasteiger partial charge >= 0.3 is 0 Å². The number of aromatic nitrogens is 2. The van der Waals surface area contributed by atoms with E-state index in [1.165, 1.54) is 12.1 Å². The Labute approximate surface area is 128 Å². The monoisotopic (exact) mass is 308 g/mol. The van der Waals surface area contributed by atoms with E-state index < -0.39 is 5.82 Å². The van der Waals surface area contributed by atoms with E-state index in [2.05, 4.69) is 27.5 Å². The van der Waals surface area contributed by atoms with Crippen LogP contribution in [0.3, 0.4) is 0 Å². The summed E-state index contributed by atoms with van der Waals surface area (Å²) in [5.74, 6) is 1.63. The molecule has 0 aliphatic heterocycles. The molecule has 0 saturated heterocycles. The molecular formula is C15H18ClFN4. The van der Waals surface area contributed by atoms with Crippen molar-refractivity contribution in [1.29, 1.82) is 0 Å². The Morgan fingerprint density at radius 1 is 1.19 bits per heavy atom.